The molecule has 1 aromatic heterocycles. The van der Waals surface area contributed by atoms with E-state index in [0.717, 1.165) is 0 Å². The van der Waals surface area contributed by atoms with Gasteiger partial charge in [-0.25, -0.2) is 13.1 Å². The van der Waals surface area contributed by atoms with Crippen LogP contribution in [-0.4, -0.2) is 31.3 Å². The van der Waals surface area contributed by atoms with Gasteiger partial charge in [0.05, 0.1) is 6.10 Å². The first-order valence-corrected chi connectivity index (χ1v) is 6.65. The molecule has 0 saturated carbocycles. The van der Waals surface area contributed by atoms with Crippen LogP contribution in [0.5, 0.6) is 0 Å². The fourth-order valence-corrected chi connectivity index (χ4v) is 2.17. The van der Waals surface area contributed by atoms with E-state index in [1.165, 1.54) is 0 Å². The van der Waals surface area contributed by atoms with Gasteiger partial charge in [0.1, 0.15) is 17.2 Å². The summed E-state index contributed by atoms with van der Waals surface area (Å²) in [5.74, 6) is 0.333. The summed E-state index contributed by atoms with van der Waals surface area (Å²) in [6.45, 7) is 3.49. The molecule has 1 atom stereocenters. The Balaban J connectivity index is 2.52. The van der Waals surface area contributed by atoms with E-state index >= 15 is 0 Å². The maximum Gasteiger partial charge on any atom is 0.217 e. The largest absolute Gasteiger partial charge is 0.392 e. The van der Waals surface area contributed by atoms with Gasteiger partial charge in [0, 0.05) is 12.6 Å². The summed E-state index contributed by atoms with van der Waals surface area (Å²) in [7, 11) is -3.46. The number of nitrogens with zero attached hydrogens (tertiary/aromatic N) is 1. The summed E-state index contributed by atoms with van der Waals surface area (Å²) in [6, 6.07) is 1.56. The predicted molar refractivity (Wildman–Crippen MR) is 58.2 cm³/mol. The molecule has 0 aliphatic heterocycles. The van der Waals surface area contributed by atoms with Crippen molar-refractivity contribution in [2.24, 2.45) is 0 Å². The van der Waals surface area contributed by atoms with E-state index in [0.29, 0.717) is 17.9 Å². The standard InChI is InChI=1S/C9H16N2O4S/c1-3-9(12)5-10-16(13,14)6-8-4-7(2)15-11-8/h4,9-10,12H,3,5-6H2,1-2H3. The first-order valence-electron chi connectivity index (χ1n) is 5.00. The molecule has 0 aliphatic carbocycles. The highest BCUT2D eigenvalue weighted by Gasteiger charge is 2.15. The SMILES string of the molecule is CCC(O)CNS(=O)(=O)Cc1cc(C)on1. The van der Waals surface area contributed by atoms with Crippen molar-refractivity contribution in [3.8, 4) is 0 Å². The van der Waals surface area contributed by atoms with Crippen LogP contribution >= 0.6 is 0 Å². The molecule has 16 heavy (non-hydrogen) atoms. The third-order valence-electron chi connectivity index (χ3n) is 2.02. The number of aliphatic hydroxyl groups excluding tert-OH is 1. The van der Waals surface area contributed by atoms with Crippen LogP contribution in [0.1, 0.15) is 24.8 Å². The van der Waals surface area contributed by atoms with Crippen molar-refractivity contribution < 1.29 is 18.0 Å². The lowest BCUT2D eigenvalue weighted by molar-refractivity contribution is 0.174. The number of rotatable bonds is 6. The molecule has 0 amide bonds. The van der Waals surface area contributed by atoms with Crippen molar-refractivity contribution in [3.05, 3.63) is 17.5 Å². The Morgan fingerprint density at radius 3 is 2.81 bits per heavy atom. The molecule has 0 aliphatic rings. The second-order valence-electron chi connectivity index (χ2n) is 3.60. The maximum atomic E-state index is 11.5. The van der Waals surface area contributed by atoms with Gasteiger partial charge in [-0.05, 0) is 13.3 Å². The smallest absolute Gasteiger partial charge is 0.217 e. The monoisotopic (exact) mass is 248 g/mol. The second kappa shape index (κ2) is 5.42. The molecule has 0 bridgehead atoms. The Morgan fingerprint density at radius 2 is 2.31 bits per heavy atom. The number of sulfonamides is 1. The van der Waals surface area contributed by atoms with E-state index in [-0.39, 0.29) is 12.3 Å². The molecule has 0 fully saturated rings. The molecule has 6 nitrogen and oxygen atoms in total. The van der Waals surface area contributed by atoms with Gasteiger partial charge in [0.25, 0.3) is 0 Å². The molecule has 1 unspecified atom stereocenters. The highest BCUT2D eigenvalue weighted by Crippen LogP contribution is 2.05. The van der Waals surface area contributed by atoms with Crippen molar-refractivity contribution in [2.75, 3.05) is 6.54 Å². The number of aromatic nitrogens is 1. The molecule has 0 saturated heterocycles. The number of aliphatic hydroxyl groups is 1. The first-order chi connectivity index (χ1) is 7.43. The minimum atomic E-state index is -3.46. The van der Waals surface area contributed by atoms with Crippen LogP contribution in [0.2, 0.25) is 0 Å². The van der Waals surface area contributed by atoms with Gasteiger partial charge in [-0.15, -0.1) is 0 Å². The minimum absolute atomic E-state index is 0.0235. The predicted octanol–water partition coefficient (Wildman–Crippen LogP) is 0.173. The lowest BCUT2D eigenvalue weighted by Crippen LogP contribution is -2.32. The summed E-state index contributed by atoms with van der Waals surface area (Å²) < 4.78 is 30.1. The molecule has 2 N–H and O–H groups in total. The average molecular weight is 248 g/mol. The Hall–Kier alpha value is -0.920. The molecule has 0 aromatic carbocycles. The van der Waals surface area contributed by atoms with Gasteiger partial charge in [0.15, 0.2) is 0 Å². The summed E-state index contributed by atoms with van der Waals surface area (Å²) in [4.78, 5) is 0. The van der Waals surface area contributed by atoms with Gasteiger partial charge < -0.3 is 9.63 Å². The average Bonchev–Trinajstić information content (AvgIpc) is 2.59. The van der Waals surface area contributed by atoms with E-state index in [1.54, 1.807) is 19.9 Å². The topological polar surface area (TPSA) is 92.4 Å². The van der Waals surface area contributed by atoms with E-state index in [1.807, 2.05) is 0 Å². The van der Waals surface area contributed by atoms with Crippen LogP contribution in [0.15, 0.2) is 10.6 Å². The molecule has 1 aromatic rings. The molecule has 92 valence electrons. The van der Waals surface area contributed by atoms with Gasteiger partial charge in [-0.1, -0.05) is 12.1 Å². The Morgan fingerprint density at radius 1 is 1.62 bits per heavy atom. The molecular formula is C9H16N2O4S. The molecule has 0 radical (unpaired) electrons. The zero-order valence-electron chi connectivity index (χ0n) is 9.30. The highest BCUT2D eigenvalue weighted by molar-refractivity contribution is 7.88. The molecule has 1 rings (SSSR count). The molecule has 0 spiro atoms. The quantitative estimate of drug-likeness (QED) is 0.748. The van der Waals surface area contributed by atoms with Crippen molar-refractivity contribution in [2.45, 2.75) is 32.1 Å². The van der Waals surface area contributed by atoms with E-state index in [4.69, 9.17) is 4.52 Å². The minimum Gasteiger partial charge on any atom is -0.392 e. The summed E-state index contributed by atoms with van der Waals surface area (Å²) in [5.41, 5.74) is 0.357. The zero-order valence-corrected chi connectivity index (χ0v) is 10.1. The molecule has 1 heterocycles. The maximum absolute atomic E-state index is 11.5. The van der Waals surface area contributed by atoms with E-state index in [2.05, 4.69) is 9.88 Å². The van der Waals surface area contributed by atoms with Crippen LogP contribution in [-0.2, 0) is 15.8 Å². The Labute approximate surface area is 94.7 Å². The fraction of sp³-hybridized carbons (Fsp3) is 0.667. The van der Waals surface area contributed by atoms with Crippen molar-refractivity contribution in [3.63, 3.8) is 0 Å². The van der Waals surface area contributed by atoms with Crippen LogP contribution in [0.4, 0.5) is 0 Å². The zero-order chi connectivity index (χ0) is 12.2. The fourth-order valence-electron chi connectivity index (χ4n) is 1.10. The van der Waals surface area contributed by atoms with Crippen LogP contribution in [0, 0.1) is 6.92 Å². The van der Waals surface area contributed by atoms with E-state index < -0.39 is 16.1 Å². The van der Waals surface area contributed by atoms with Gasteiger partial charge >= 0.3 is 0 Å². The normalized spacial score (nSPS) is 13.9. The number of aryl methyl sites for hydroxylation is 1. The summed E-state index contributed by atoms with van der Waals surface area (Å²) in [6.07, 6.45) is -0.153. The summed E-state index contributed by atoms with van der Waals surface area (Å²) in [5, 5.41) is 12.8. The first kappa shape index (κ1) is 13.1. The number of hydrogen-bond acceptors (Lipinski definition) is 5. The second-order valence-corrected chi connectivity index (χ2v) is 5.41. The number of hydrogen-bond donors (Lipinski definition) is 2. The van der Waals surface area contributed by atoms with E-state index in [9.17, 15) is 13.5 Å². The molecule has 7 heteroatoms. The van der Waals surface area contributed by atoms with Gasteiger partial charge in [0.2, 0.25) is 10.0 Å². The number of nitrogens with one attached hydrogen (secondary N) is 1. The van der Waals surface area contributed by atoms with Crippen LogP contribution < -0.4 is 4.72 Å². The van der Waals surface area contributed by atoms with Gasteiger partial charge in [-0.3, -0.25) is 0 Å². The van der Waals surface area contributed by atoms with Crippen LogP contribution in [0.3, 0.4) is 0 Å². The third kappa shape index (κ3) is 4.30. The lowest BCUT2D eigenvalue weighted by Gasteiger charge is -2.08. The Bertz CT molecular complexity index is 426. The van der Waals surface area contributed by atoms with Crippen molar-refractivity contribution >= 4 is 10.0 Å². The highest BCUT2D eigenvalue weighted by atomic mass is 32.2. The summed E-state index contributed by atoms with van der Waals surface area (Å²) >= 11 is 0. The molecular weight excluding hydrogens is 232 g/mol. The third-order valence-corrected chi connectivity index (χ3v) is 3.31. The Kier molecular flexibility index (Phi) is 4.45. The van der Waals surface area contributed by atoms with Crippen molar-refractivity contribution in [1.29, 1.82) is 0 Å². The van der Waals surface area contributed by atoms with Crippen LogP contribution in [0.25, 0.3) is 0 Å². The lowest BCUT2D eigenvalue weighted by atomic mass is 10.3. The van der Waals surface area contributed by atoms with Crippen molar-refractivity contribution in [1.82, 2.24) is 9.88 Å². The van der Waals surface area contributed by atoms with Gasteiger partial charge in [-0.2, -0.15) is 0 Å².